The fourth-order valence-electron chi connectivity index (χ4n) is 1.42. The smallest absolute Gasteiger partial charge is 0.430 e. The van der Waals surface area contributed by atoms with Gasteiger partial charge in [0.2, 0.25) is 0 Å². The number of rotatable bonds is 2. The lowest BCUT2D eigenvalue weighted by molar-refractivity contribution is -0.376. The van der Waals surface area contributed by atoms with Crippen LogP contribution in [0.1, 0.15) is 5.56 Å². The third-order valence-corrected chi connectivity index (χ3v) is 2.47. The number of alkyl halides is 6. The van der Waals surface area contributed by atoms with Gasteiger partial charge in [0.1, 0.15) is 5.75 Å². The molecule has 0 fully saturated rings. The molecule has 0 atom stereocenters. The fourth-order valence-corrected chi connectivity index (χ4v) is 1.42. The van der Waals surface area contributed by atoms with Gasteiger partial charge in [0.05, 0.1) is 12.8 Å². The van der Waals surface area contributed by atoms with Gasteiger partial charge in [-0.15, -0.1) is 0 Å². The van der Waals surface area contributed by atoms with Gasteiger partial charge < -0.3 is 15.6 Å². The van der Waals surface area contributed by atoms with Crippen molar-refractivity contribution >= 4 is 5.69 Å². The van der Waals surface area contributed by atoms with Crippen molar-refractivity contribution in [2.24, 2.45) is 0 Å². The van der Waals surface area contributed by atoms with Gasteiger partial charge >= 0.3 is 12.4 Å². The minimum Gasteiger partial charge on any atom is -0.495 e. The molecule has 3 nitrogen and oxygen atoms in total. The van der Waals surface area contributed by atoms with Gasteiger partial charge in [0.25, 0.3) is 5.60 Å². The zero-order valence-corrected chi connectivity index (χ0v) is 9.43. The Hall–Kier alpha value is -1.64. The quantitative estimate of drug-likeness (QED) is 0.650. The maximum atomic E-state index is 12.6. The third kappa shape index (κ3) is 2.42. The molecule has 108 valence electrons. The minimum atomic E-state index is -5.94. The molecule has 0 aliphatic heterocycles. The van der Waals surface area contributed by atoms with E-state index in [0.29, 0.717) is 12.1 Å². The maximum Gasteiger partial charge on any atom is 0.430 e. The van der Waals surface area contributed by atoms with E-state index in [-0.39, 0.29) is 5.69 Å². The van der Waals surface area contributed by atoms with E-state index in [1.165, 1.54) is 0 Å². The number of nitrogens with two attached hydrogens (primary N) is 1. The van der Waals surface area contributed by atoms with Crippen LogP contribution in [-0.2, 0) is 5.60 Å². The van der Waals surface area contributed by atoms with E-state index in [2.05, 4.69) is 4.74 Å². The van der Waals surface area contributed by atoms with Crippen molar-refractivity contribution in [1.29, 1.82) is 0 Å². The second kappa shape index (κ2) is 4.48. The summed E-state index contributed by atoms with van der Waals surface area (Å²) in [6, 6.07) is 1.63. The van der Waals surface area contributed by atoms with Gasteiger partial charge in [0.15, 0.2) is 0 Å². The van der Waals surface area contributed by atoms with E-state index in [4.69, 9.17) is 10.8 Å². The Morgan fingerprint density at radius 3 is 1.89 bits per heavy atom. The van der Waals surface area contributed by atoms with Gasteiger partial charge in [-0.05, 0) is 12.1 Å². The molecule has 3 N–H and O–H groups in total. The molecular formula is C10H9F6NO2. The van der Waals surface area contributed by atoms with Crippen LogP contribution in [0.25, 0.3) is 0 Å². The molecule has 19 heavy (non-hydrogen) atoms. The number of nitrogen functional groups attached to an aromatic ring is 1. The van der Waals surface area contributed by atoms with Crippen molar-refractivity contribution in [2.45, 2.75) is 18.0 Å². The average Bonchev–Trinajstić information content (AvgIpc) is 2.25. The van der Waals surface area contributed by atoms with Crippen LogP contribution < -0.4 is 10.5 Å². The second-order valence-corrected chi connectivity index (χ2v) is 3.66. The van der Waals surface area contributed by atoms with E-state index >= 15 is 0 Å². The summed E-state index contributed by atoms with van der Waals surface area (Å²) in [6.07, 6.45) is -11.9. The van der Waals surface area contributed by atoms with Crippen molar-refractivity contribution < 1.29 is 36.2 Å². The number of hydrogen-bond acceptors (Lipinski definition) is 3. The highest BCUT2D eigenvalue weighted by molar-refractivity contribution is 5.55. The van der Waals surface area contributed by atoms with Crippen LogP contribution in [0.15, 0.2) is 18.2 Å². The first-order valence-electron chi connectivity index (χ1n) is 4.75. The van der Waals surface area contributed by atoms with E-state index in [0.717, 1.165) is 13.2 Å². The summed E-state index contributed by atoms with van der Waals surface area (Å²) >= 11 is 0. The summed E-state index contributed by atoms with van der Waals surface area (Å²) in [5, 5.41) is 9.12. The van der Waals surface area contributed by atoms with Gasteiger partial charge in [0, 0.05) is 5.56 Å². The van der Waals surface area contributed by atoms with Gasteiger partial charge in [-0.1, -0.05) is 6.07 Å². The van der Waals surface area contributed by atoms with Crippen molar-refractivity contribution in [1.82, 2.24) is 0 Å². The number of anilines is 1. The monoisotopic (exact) mass is 289 g/mol. The Balaban J connectivity index is 3.52. The first kappa shape index (κ1) is 15.4. The molecule has 0 unspecified atom stereocenters. The summed E-state index contributed by atoms with van der Waals surface area (Å²) in [6.45, 7) is 0. The number of ether oxygens (including phenoxy) is 1. The Morgan fingerprint density at radius 2 is 1.53 bits per heavy atom. The maximum absolute atomic E-state index is 12.6. The second-order valence-electron chi connectivity index (χ2n) is 3.66. The lowest BCUT2D eigenvalue weighted by Gasteiger charge is -2.32. The standard InChI is InChI=1S/C10H9F6NO2/c1-19-7-4-5(2-3-6(7)17)8(18,9(11,12)13)10(14,15)16/h2-4,18H,17H2,1H3. The van der Waals surface area contributed by atoms with E-state index in [1.54, 1.807) is 0 Å². The summed E-state index contributed by atoms with van der Waals surface area (Å²) in [4.78, 5) is 0. The highest BCUT2D eigenvalue weighted by Crippen LogP contribution is 2.50. The SMILES string of the molecule is COc1cc(C(O)(C(F)(F)F)C(F)(F)F)ccc1N. The van der Waals surface area contributed by atoms with Crippen LogP contribution in [-0.4, -0.2) is 24.6 Å². The van der Waals surface area contributed by atoms with Crippen LogP contribution >= 0.6 is 0 Å². The highest BCUT2D eigenvalue weighted by atomic mass is 19.4. The predicted molar refractivity (Wildman–Crippen MR) is 53.4 cm³/mol. The lowest BCUT2D eigenvalue weighted by atomic mass is 9.92. The molecule has 1 rings (SSSR count). The molecule has 0 bridgehead atoms. The number of hydrogen-bond donors (Lipinski definition) is 2. The first-order chi connectivity index (χ1) is 8.45. The first-order valence-corrected chi connectivity index (χ1v) is 4.75. The van der Waals surface area contributed by atoms with E-state index in [9.17, 15) is 26.3 Å². The normalized spacial score (nSPS) is 13.5. The van der Waals surface area contributed by atoms with Crippen LogP contribution in [0.3, 0.4) is 0 Å². The molecule has 0 aromatic heterocycles. The van der Waals surface area contributed by atoms with Crippen LogP contribution in [0.4, 0.5) is 32.0 Å². The van der Waals surface area contributed by atoms with E-state index < -0.39 is 29.3 Å². The number of methoxy groups -OCH3 is 1. The van der Waals surface area contributed by atoms with Crippen molar-refractivity contribution in [2.75, 3.05) is 12.8 Å². The topological polar surface area (TPSA) is 55.5 Å². The van der Waals surface area contributed by atoms with Gasteiger partial charge in [-0.25, -0.2) is 0 Å². The molecule has 9 heteroatoms. The molecule has 0 heterocycles. The molecule has 0 spiro atoms. The molecule has 0 saturated heterocycles. The highest BCUT2D eigenvalue weighted by Gasteiger charge is 2.71. The Kier molecular flexibility index (Phi) is 3.63. The summed E-state index contributed by atoms with van der Waals surface area (Å²) in [7, 11) is 1.02. The zero-order chi connectivity index (χ0) is 15.1. The molecule has 0 saturated carbocycles. The van der Waals surface area contributed by atoms with Crippen LogP contribution in [0, 0.1) is 0 Å². The van der Waals surface area contributed by atoms with Gasteiger partial charge in [-0.2, -0.15) is 26.3 Å². The number of halogens is 6. The third-order valence-electron chi connectivity index (χ3n) is 2.47. The van der Waals surface area contributed by atoms with Crippen LogP contribution in [0.5, 0.6) is 5.75 Å². The predicted octanol–water partition coefficient (Wildman–Crippen LogP) is 2.59. The van der Waals surface area contributed by atoms with Gasteiger partial charge in [-0.3, -0.25) is 0 Å². The summed E-state index contributed by atoms with van der Waals surface area (Å²) in [5.74, 6) is -0.399. The molecular weight excluding hydrogens is 280 g/mol. The molecule has 0 radical (unpaired) electrons. The molecule has 0 aliphatic carbocycles. The van der Waals surface area contributed by atoms with Crippen molar-refractivity contribution in [3.8, 4) is 5.75 Å². The minimum absolute atomic E-state index is 0.155. The molecule has 1 aromatic carbocycles. The Bertz CT molecular complexity index is 454. The lowest BCUT2D eigenvalue weighted by Crippen LogP contribution is -2.53. The van der Waals surface area contributed by atoms with E-state index in [1.807, 2.05) is 0 Å². The average molecular weight is 289 g/mol. The van der Waals surface area contributed by atoms with Crippen molar-refractivity contribution in [3.05, 3.63) is 23.8 Å². The number of benzene rings is 1. The Labute approximate surface area is 103 Å². The Morgan fingerprint density at radius 1 is 1.05 bits per heavy atom. The number of aliphatic hydroxyl groups is 1. The molecule has 0 aliphatic rings. The largest absolute Gasteiger partial charge is 0.495 e. The summed E-state index contributed by atoms with van der Waals surface area (Å²) < 4.78 is 80.0. The molecule has 0 amide bonds. The van der Waals surface area contributed by atoms with Crippen LogP contribution in [0.2, 0.25) is 0 Å². The zero-order valence-electron chi connectivity index (χ0n) is 9.43. The fraction of sp³-hybridized carbons (Fsp3) is 0.400. The summed E-state index contributed by atoms with van der Waals surface area (Å²) in [5.41, 5.74) is -1.27. The van der Waals surface area contributed by atoms with Crippen molar-refractivity contribution in [3.63, 3.8) is 0 Å². The molecule has 1 aromatic rings.